The fraction of sp³-hybridized carbons (Fsp3) is 0.304. The van der Waals surface area contributed by atoms with Crippen LogP contribution in [0.3, 0.4) is 0 Å². The third kappa shape index (κ3) is 5.58. The number of ether oxygens (including phenoxy) is 2. The van der Waals surface area contributed by atoms with Gasteiger partial charge in [-0.2, -0.15) is 5.26 Å². The molecule has 0 saturated heterocycles. The van der Waals surface area contributed by atoms with Crippen molar-refractivity contribution in [2.24, 2.45) is 0 Å². The summed E-state index contributed by atoms with van der Waals surface area (Å²) < 4.78 is 24.1. The zero-order chi connectivity index (χ0) is 20.6. The van der Waals surface area contributed by atoms with Gasteiger partial charge in [0, 0.05) is 6.04 Å². The number of hydrogen-bond acceptors (Lipinski definition) is 4. The zero-order valence-corrected chi connectivity index (χ0v) is 16.3. The Bertz CT molecular complexity index is 926. The molecule has 1 N–H and O–H groups in total. The van der Waals surface area contributed by atoms with Crippen LogP contribution >= 0.6 is 0 Å². The molecule has 29 heavy (non-hydrogen) atoms. The molecular weight excluding hydrogens is 371 g/mol. The molecule has 2 aromatic rings. The predicted molar refractivity (Wildman–Crippen MR) is 108 cm³/mol. The van der Waals surface area contributed by atoms with Gasteiger partial charge in [0.25, 0.3) is 5.91 Å². The highest BCUT2D eigenvalue weighted by Crippen LogP contribution is 2.30. The topological polar surface area (TPSA) is 71.3 Å². The van der Waals surface area contributed by atoms with Crippen LogP contribution in [-0.4, -0.2) is 19.1 Å². The van der Waals surface area contributed by atoms with E-state index in [1.165, 1.54) is 25.3 Å². The van der Waals surface area contributed by atoms with E-state index in [2.05, 4.69) is 5.32 Å². The van der Waals surface area contributed by atoms with Crippen molar-refractivity contribution in [3.8, 4) is 17.6 Å². The minimum absolute atomic E-state index is 0.0546. The summed E-state index contributed by atoms with van der Waals surface area (Å²) in [5.41, 5.74) is 1.54. The number of nitriles is 1. The molecule has 1 aliphatic carbocycles. The third-order valence-corrected chi connectivity index (χ3v) is 4.86. The van der Waals surface area contributed by atoms with Gasteiger partial charge in [-0.15, -0.1) is 0 Å². The lowest BCUT2D eigenvalue weighted by Gasteiger charge is -2.12. The van der Waals surface area contributed by atoms with E-state index in [0.29, 0.717) is 17.1 Å². The number of rotatable bonds is 7. The van der Waals surface area contributed by atoms with Gasteiger partial charge < -0.3 is 14.8 Å². The van der Waals surface area contributed by atoms with Gasteiger partial charge in [0.1, 0.15) is 24.1 Å². The van der Waals surface area contributed by atoms with E-state index in [4.69, 9.17) is 9.47 Å². The quantitative estimate of drug-likeness (QED) is 0.559. The summed E-state index contributed by atoms with van der Waals surface area (Å²) in [4.78, 5) is 12.4. The van der Waals surface area contributed by atoms with E-state index in [1.54, 1.807) is 30.3 Å². The van der Waals surface area contributed by atoms with Gasteiger partial charge >= 0.3 is 0 Å². The normalized spacial score (nSPS) is 14.3. The molecule has 1 fully saturated rings. The van der Waals surface area contributed by atoms with E-state index >= 15 is 0 Å². The van der Waals surface area contributed by atoms with Crippen LogP contribution in [0.2, 0.25) is 0 Å². The van der Waals surface area contributed by atoms with Crippen LogP contribution < -0.4 is 14.8 Å². The minimum atomic E-state index is -0.352. The zero-order valence-electron chi connectivity index (χ0n) is 16.3. The number of benzene rings is 2. The van der Waals surface area contributed by atoms with E-state index in [1.807, 2.05) is 6.07 Å². The molecule has 0 unspecified atom stereocenters. The Morgan fingerprint density at radius 1 is 1.21 bits per heavy atom. The van der Waals surface area contributed by atoms with Crippen molar-refractivity contribution < 1.29 is 18.7 Å². The molecular formula is C23H23FN2O3. The number of carbonyl (C=O) groups excluding carboxylic acids is 1. The molecule has 0 radical (unpaired) electrons. The van der Waals surface area contributed by atoms with E-state index < -0.39 is 0 Å². The Morgan fingerprint density at radius 2 is 1.93 bits per heavy atom. The highest BCUT2D eigenvalue weighted by Gasteiger charge is 2.19. The average molecular weight is 394 g/mol. The summed E-state index contributed by atoms with van der Waals surface area (Å²) in [7, 11) is 1.52. The molecule has 1 saturated carbocycles. The highest BCUT2D eigenvalue weighted by atomic mass is 19.1. The number of amides is 1. The molecule has 6 heteroatoms. The smallest absolute Gasteiger partial charge is 0.262 e. The lowest BCUT2D eigenvalue weighted by Crippen LogP contribution is -2.33. The Kier molecular flexibility index (Phi) is 6.85. The number of nitrogens with one attached hydrogen (secondary N) is 1. The summed E-state index contributed by atoms with van der Waals surface area (Å²) in [5.74, 6) is 0.347. The molecule has 0 bridgehead atoms. The summed E-state index contributed by atoms with van der Waals surface area (Å²) in [5, 5.41) is 12.3. The Labute approximate surface area is 169 Å². The van der Waals surface area contributed by atoms with Crippen LogP contribution in [-0.2, 0) is 11.4 Å². The minimum Gasteiger partial charge on any atom is -0.493 e. The van der Waals surface area contributed by atoms with Gasteiger partial charge in [-0.3, -0.25) is 4.79 Å². The van der Waals surface area contributed by atoms with Crippen LogP contribution in [0.4, 0.5) is 4.39 Å². The molecule has 1 aliphatic rings. The number of carbonyl (C=O) groups is 1. The van der Waals surface area contributed by atoms with Crippen LogP contribution in [0.1, 0.15) is 36.8 Å². The Morgan fingerprint density at radius 3 is 2.59 bits per heavy atom. The summed E-state index contributed by atoms with van der Waals surface area (Å²) in [6.45, 7) is 0.263. The predicted octanol–water partition coefficient (Wildman–Crippen LogP) is 4.38. The summed E-state index contributed by atoms with van der Waals surface area (Å²) in [6, 6.07) is 13.4. The maximum absolute atomic E-state index is 13.0. The maximum Gasteiger partial charge on any atom is 0.262 e. The van der Waals surface area contributed by atoms with Crippen LogP contribution in [0, 0.1) is 17.1 Å². The van der Waals surface area contributed by atoms with Crippen LogP contribution in [0.5, 0.6) is 11.5 Å². The van der Waals surface area contributed by atoms with Crippen molar-refractivity contribution in [2.75, 3.05) is 7.11 Å². The summed E-state index contributed by atoms with van der Waals surface area (Å²) in [6.07, 6.45) is 5.66. The number of hydrogen-bond donors (Lipinski definition) is 1. The second kappa shape index (κ2) is 9.74. The molecule has 2 aromatic carbocycles. The molecule has 0 aliphatic heterocycles. The van der Waals surface area contributed by atoms with Crippen molar-refractivity contribution in [3.63, 3.8) is 0 Å². The third-order valence-electron chi connectivity index (χ3n) is 4.86. The fourth-order valence-electron chi connectivity index (χ4n) is 3.28. The van der Waals surface area contributed by atoms with Crippen molar-refractivity contribution in [3.05, 3.63) is 65.0 Å². The monoisotopic (exact) mass is 394 g/mol. The second-order valence-electron chi connectivity index (χ2n) is 6.95. The molecule has 0 atom stereocenters. The highest BCUT2D eigenvalue weighted by molar-refractivity contribution is 6.01. The standard InChI is InChI=1S/C23H23FN2O3/c1-28-22-13-17(12-18(14-25)23(27)26-20-4-2-3-5-20)8-11-21(22)29-15-16-6-9-19(24)10-7-16/h6-13,20H,2-5,15H2,1H3,(H,26,27)/b18-12+. The Balaban J connectivity index is 1.70. The lowest BCUT2D eigenvalue weighted by molar-refractivity contribution is -0.117. The first-order chi connectivity index (χ1) is 14.1. The van der Waals surface area contributed by atoms with Gasteiger partial charge in [0.2, 0.25) is 0 Å². The fourth-order valence-corrected chi connectivity index (χ4v) is 3.28. The first kappa shape index (κ1) is 20.4. The number of halogens is 1. The van der Waals surface area contributed by atoms with Gasteiger partial charge in [-0.05, 0) is 54.3 Å². The molecule has 0 spiro atoms. The van der Waals surface area contributed by atoms with E-state index in [9.17, 15) is 14.4 Å². The largest absolute Gasteiger partial charge is 0.493 e. The first-order valence-electron chi connectivity index (χ1n) is 9.57. The van der Waals surface area contributed by atoms with E-state index in [0.717, 1.165) is 31.2 Å². The van der Waals surface area contributed by atoms with Gasteiger partial charge in [-0.1, -0.05) is 31.0 Å². The van der Waals surface area contributed by atoms with Crippen LogP contribution in [0.15, 0.2) is 48.0 Å². The molecule has 1 amide bonds. The number of nitrogens with zero attached hydrogens (tertiary/aromatic N) is 1. The summed E-state index contributed by atoms with van der Waals surface area (Å²) >= 11 is 0. The van der Waals surface area contributed by atoms with Crippen molar-refractivity contribution >= 4 is 12.0 Å². The molecule has 3 rings (SSSR count). The molecule has 5 nitrogen and oxygen atoms in total. The van der Waals surface area contributed by atoms with E-state index in [-0.39, 0.29) is 29.9 Å². The molecule has 0 aromatic heterocycles. The Hall–Kier alpha value is -3.33. The van der Waals surface area contributed by atoms with Crippen molar-refractivity contribution in [1.82, 2.24) is 5.32 Å². The van der Waals surface area contributed by atoms with Crippen molar-refractivity contribution in [2.45, 2.75) is 38.3 Å². The van der Waals surface area contributed by atoms with Gasteiger partial charge in [-0.25, -0.2) is 4.39 Å². The van der Waals surface area contributed by atoms with Gasteiger partial charge in [0.15, 0.2) is 11.5 Å². The maximum atomic E-state index is 13.0. The first-order valence-corrected chi connectivity index (χ1v) is 9.57. The van der Waals surface area contributed by atoms with Gasteiger partial charge in [0.05, 0.1) is 7.11 Å². The number of methoxy groups -OCH3 is 1. The lowest BCUT2D eigenvalue weighted by atomic mass is 10.1. The SMILES string of the molecule is COc1cc(/C=C(\C#N)C(=O)NC2CCCC2)ccc1OCc1ccc(F)cc1. The molecule has 150 valence electrons. The van der Waals surface area contributed by atoms with Crippen LogP contribution in [0.25, 0.3) is 6.08 Å². The average Bonchev–Trinajstić information content (AvgIpc) is 3.24. The second-order valence-corrected chi connectivity index (χ2v) is 6.95. The molecule has 0 heterocycles. The van der Waals surface area contributed by atoms with Crippen molar-refractivity contribution in [1.29, 1.82) is 5.26 Å².